The van der Waals surface area contributed by atoms with Crippen molar-refractivity contribution in [2.45, 2.75) is 31.7 Å². The van der Waals surface area contributed by atoms with E-state index in [1.54, 1.807) is 0 Å². The number of carbonyl (C=O) groups is 1. The Bertz CT molecular complexity index is 337. The first-order valence-corrected chi connectivity index (χ1v) is 7.81. The summed E-state index contributed by atoms with van der Waals surface area (Å²) in [6.07, 6.45) is 5.63. The first kappa shape index (κ1) is 14.4. The average molecular weight is 263 g/mol. The lowest BCUT2D eigenvalue weighted by Crippen LogP contribution is -2.41. The van der Waals surface area contributed by atoms with Gasteiger partial charge in [0.15, 0.2) is 0 Å². The normalized spacial score (nSPS) is 17.2. The van der Waals surface area contributed by atoms with E-state index in [-0.39, 0.29) is 12.5 Å². The summed E-state index contributed by atoms with van der Waals surface area (Å²) in [5.74, 6) is -0.0174. The van der Waals surface area contributed by atoms with Crippen LogP contribution in [-0.2, 0) is 14.8 Å². The van der Waals surface area contributed by atoms with Crippen molar-refractivity contribution in [2.24, 2.45) is 0 Å². The number of amides is 1. The van der Waals surface area contributed by atoms with Gasteiger partial charge in [0.1, 0.15) is 0 Å². The summed E-state index contributed by atoms with van der Waals surface area (Å²) in [6, 6.07) is 0.332. The summed E-state index contributed by atoms with van der Waals surface area (Å²) >= 11 is 0. The monoisotopic (exact) mass is 263 g/mol. The molecule has 1 aliphatic carbocycles. The van der Waals surface area contributed by atoms with Gasteiger partial charge in [-0.25, -0.2) is 13.1 Å². The van der Waals surface area contributed by atoms with Crippen LogP contribution in [0.4, 0.5) is 0 Å². The van der Waals surface area contributed by atoms with E-state index in [0.717, 1.165) is 19.1 Å². The smallest absolute Gasteiger partial charge is 0.234 e. The van der Waals surface area contributed by atoms with Crippen LogP contribution in [0, 0.1) is 0 Å². The number of hydrogen-bond donors (Lipinski definition) is 3. The highest BCUT2D eigenvalue weighted by Crippen LogP contribution is 2.17. The highest BCUT2D eigenvalue weighted by Gasteiger charge is 2.16. The molecule has 7 heteroatoms. The van der Waals surface area contributed by atoms with Crippen LogP contribution in [0.5, 0.6) is 0 Å². The molecule has 0 spiro atoms. The zero-order chi connectivity index (χ0) is 12.7. The minimum absolute atomic E-state index is 0.0174. The molecule has 1 rings (SSSR count). The summed E-state index contributed by atoms with van der Waals surface area (Å²) in [5.41, 5.74) is 0. The van der Waals surface area contributed by atoms with Crippen molar-refractivity contribution >= 4 is 15.9 Å². The van der Waals surface area contributed by atoms with Gasteiger partial charge in [-0.2, -0.15) is 0 Å². The molecular weight excluding hydrogens is 242 g/mol. The van der Waals surface area contributed by atoms with Gasteiger partial charge in [-0.15, -0.1) is 0 Å². The SMILES string of the molecule is CS(=O)(=O)NCCNCC(=O)NC1CCCC1. The Morgan fingerprint density at radius 2 is 1.88 bits per heavy atom. The lowest BCUT2D eigenvalue weighted by Gasteiger charge is -2.12. The van der Waals surface area contributed by atoms with Crippen molar-refractivity contribution in [1.82, 2.24) is 15.4 Å². The predicted molar refractivity (Wildman–Crippen MR) is 66.1 cm³/mol. The van der Waals surface area contributed by atoms with Crippen LogP contribution in [0.25, 0.3) is 0 Å². The number of rotatable bonds is 7. The molecular formula is C10H21N3O3S. The Kier molecular flexibility index (Phi) is 5.87. The van der Waals surface area contributed by atoms with Gasteiger partial charge in [0.25, 0.3) is 0 Å². The molecule has 0 heterocycles. The molecule has 0 aromatic heterocycles. The maximum atomic E-state index is 11.4. The lowest BCUT2D eigenvalue weighted by molar-refractivity contribution is -0.120. The fourth-order valence-electron chi connectivity index (χ4n) is 1.88. The van der Waals surface area contributed by atoms with Gasteiger partial charge in [-0.05, 0) is 12.8 Å². The fourth-order valence-corrected chi connectivity index (χ4v) is 2.35. The van der Waals surface area contributed by atoms with E-state index in [9.17, 15) is 13.2 Å². The highest BCUT2D eigenvalue weighted by molar-refractivity contribution is 7.88. The van der Waals surface area contributed by atoms with Crippen molar-refractivity contribution in [3.05, 3.63) is 0 Å². The van der Waals surface area contributed by atoms with Crippen LogP contribution in [0.15, 0.2) is 0 Å². The zero-order valence-corrected chi connectivity index (χ0v) is 11.0. The van der Waals surface area contributed by atoms with E-state index in [2.05, 4.69) is 15.4 Å². The van der Waals surface area contributed by atoms with Gasteiger partial charge in [0.2, 0.25) is 15.9 Å². The maximum absolute atomic E-state index is 11.4. The summed E-state index contributed by atoms with van der Waals surface area (Å²) in [7, 11) is -3.13. The second-order valence-corrected chi connectivity index (χ2v) is 6.23. The van der Waals surface area contributed by atoms with Crippen molar-refractivity contribution in [3.63, 3.8) is 0 Å². The second kappa shape index (κ2) is 6.93. The molecule has 6 nitrogen and oxygen atoms in total. The average Bonchev–Trinajstić information content (AvgIpc) is 2.68. The van der Waals surface area contributed by atoms with Crippen molar-refractivity contribution in [1.29, 1.82) is 0 Å². The maximum Gasteiger partial charge on any atom is 0.234 e. The van der Waals surface area contributed by atoms with Crippen LogP contribution in [0.2, 0.25) is 0 Å². The Morgan fingerprint density at radius 3 is 2.47 bits per heavy atom. The molecule has 0 atom stereocenters. The summed E-state index contributed by atoms with van der Waals surface area (Å²) in [5, 5.41) is 5.84. The standard InChI is InChI=1S/C10H21N3O3S/c1-17(15,16)12-7-6-11-8-10(14)13-9-4-2-3-5-9/h9,11-12H,2-8H2,1H3,(H,13,14). The topological polar surface area (TPSA) is 87.3 Å². The van der Waals surface area contributed by atoms with E-state index in [4.69, 9.17) is 0 Å². The molecule has 1 saturated carbocycles. The van der Waals surface area contributed by atoms with Gasteiger partial charge >= 0.3 is 0 Å². The Hall–Kier alpha value is -0.660. The molecule has 100 valence electrons. The summed E-state index contributed by atoms with van der Waals surface area (Å²) in [6.45, 7) is 0.989. The van der Waals surface area contributed by atoms with Crippen LogP contribution in [0.3, 0.4) is 0 Å². The van der Waals surface area contributed by atoms with Gasteiger partial charge < -0.3 is 10.6 Å². The quantitative estimate of drug-likeness (QED) is 0.524. The fraction of sp³-hybridized carbons (Fsp3) is 0.900. The minimum atomic E-state index is -3.13. The largest absolute Gasteiger partial charge is 0.352 e. The summed E-state index contributed by atoms with van der Waals surface area (Å²) in [4.78, 5) is 11.4. The molecule has 0 bridgehead atoms. The van der Waals surface area contributed by atoms with Crippen LogP contribution in [-0.4, -0.2) is 46.3 Å². The Morgan fingerprint density at radius 1 is 1.24 bits per heavy atom. The molecule has 1 aliphatic rings. The van der Waals surface area contributed by atoms with Crippen molar-refractivity contribution in [3.8, 4) is 0 Å². The first-order valence-electron chi connectivity index (χ1n) is 5.92. The third-order valence-corrected chi connectivity index (χ3v) is 3.40. The molecule has 0 aromatic rings. The van der Waals surface area contributed by atoms with Crippen molar-refractivity contribution < 1.29 is 13.2 Å². The van der Waals surface area contributed by atoms with Crippen molar-refractivity contribution in [2.75, 3.05) is 25.9 Å². The van der Waals surface area contributed by atoms with E-state index in [1.807, 2.05) is 0 Å². The summed E-state index contributed by atoms with van der Waals surface area (Å²) < 4.78 is 23.8. The van der Waals surface area contributed by atoms with Crippen LogP contribution < -0.4 is 15.4 Å². The van der Waals surface area contributed by atoms with E-state index in [1.165, 1.54) is 12.8 Å². The molecule has 0 radical (unpaired) electrons. The van der Waals surface area contributed by atoms with Gasteiger partial charge in [-0.1, -0.05) is 12.8 Å². The highest BCUT2D eigenvalue weighted by atomic mass is 32.2. The number of carbonyl (C=O) groups excluding carboxylic acids is 1. The second-order valence-electron chi connectivity index (χ2n) is 4.39. The molecule has 3 N–H and O–H groups in total. The van der Waals surface area contributed by atoms with Crippen LogP contribution in [0.1, 0.15) is 25.7 Å². The first-order chi connectivity index (χ1) is 7.97. The lowest BCUT2D eigenvalue weighted by atomic mass is 10.2. The van der Waals surface area contributed by atoms with Gasteiger partial charge in [0, 0.05) is 19.1 Å². The number of hydrogen-bond acceptors (Lipinski definition) is 4. The van der Waals surface area contributed by atoms with Gasteiger partial charge in [0.05, 0.1) is 12.8 Å². The van der Waals surface area contributed by atoms with Crippen LogP contribution >= 0.6 is 0 Å². The zero-order valence-electron chi connectivity index (χ0n) is 10.2. The van der Waals surface area contributed by atoms with E-state index in [0.29, 0.717) is 19.1 Å². The molecule has 1 amide bonds. The third kappa shape index (κ3) is 7.30. The molecule has 0 aromatic carbocycles. The molecule has 0 saturated heterocycles. The molecule has 1 fully saturated rings. The van der Waals surface area contributed by atoms with E-state index < -0.39 is 10.0 Å². The molecule has 0 aliphatic heterocycles. The van der Waals surface area contributed by atoms with E-state index >= 15 is 0 Å². The number of sulfonamides is 1. The number of nitrogens with one attached hydrogen (secondary N) is 3. The molecule has 17 heavy (non-hydrogen) atoms. The van der Waals surface area contributed by atoms with Gasteiger partial charge in [-0.3, -0.25) is 4.79 Å². The Balaban J connectivity index is 2.00. The third-order valence-electron chi connectivity index (χ3n) is 2.67. The molecule has 0 unspecified atom stereocenters. The minimum Gasteiger partial charge on any atom is -0.352 e. The predicted octanol–water partition coefficient (Wildman–Crippen LogP) is -0.816. The Labute approximate surface area is 103 Å².